The molecule has 4 heteroatoms. The molecule has 1 N–H and O–H groups in total. The number of piperidine rings is 1. The summed E-state index contributed by atoms with van der Waals surface area (Å²) < 4.78 is 10.4. The minimum absolute atomic E-state index is 0.700. The molecule has 0 aromatic rings. The van der Waals surface area contributed by atoms with Crippen LogP contribution in [0, 0.1) is 5.92 Å². The van der Waals surface area contributed by atoms with E-state index in [0.29, 0.717) is 12.6 Å². The zero-order valence-corrected chi connectivity index (χ0v) is 12.3. The van der Waals surface area contributed by atoms with Gasteiger partial charge in [-0.05, 0) is 31.8 Å². The Morgan fingerprint density at radius 2 is 2.11 bits per heavy atom. The second-order valence-electron chi connectivity index (χ2n) is 5.19. The van der Waals surface area contributed by atoms with Gasteiger partial charge in [-0.1, -0.05) is 13.8 Å². The van der Waals surface area contributed by atoms with Crippen LogP contribution < -0.4 is 5.32 Å². The lowest BCUT2D eigenvalue weighted by Crippen LogP contribution is -2.48. The van der Waals surface area contributed by atoms with Gasteiger partial charge in [0, 0.05) is 32.8 Å². The first kappa shape index (κ1) is 15.9. The fraction of sp³-hybridized carbons (Fsp3) is 1.00. The molecule has 0 aromatic carbocycles. The van der Waals surface area contributed by atoms with Crippen molar-refractivity contribution in [3.8, 4) is 0 Å². The molecule has 0 spiro atoms. The van der Waals surface area contributed by atoms with E-state index in [1.165, 1.54) is 19.5 Å². The molecule has 0 amide bonds. The SMILES string of the molecule is CCNC1CCN(CCCOCCOC)CC1C. The minimum atomic E-state index is 0.700. The number of hydrogen-bond acceptors (Lipinski definition) is 4. The van der Waals surface area contributed by atoms with Gasteiger partial charge >= 0.3 is 0 Å². The zero-order chi connectivity index (χ0) is 13.2. The molecule has 0 bridgehead atoms. The highest BCUT2D eigenvalue weighted by Gasteiger charge is 2.24. The highest BCUT2D eigenvalue weighted by molar-refractivity contribution is 4.82. The summed E-state index contributed by atoms with van der Waals surface area (Å²) in [7, 11) is 1.71. The Hall–Kier alpha value is -0.160. The monoisotopic (exact) mass is 258 g/mol. The van der Waals surface area contributed by atoms with Gasteiger partial charge in [-0.25, -0.2) is 0 Å². The Balaban J connectivity index is 2.03. The molecule has 2 atom stereocenters. The van der Waals surface area contributed by atoms with Crippen LogP contribution in [0.1, 0.15) is 26.7 Å². The first-order chi connectivity index (χ1) is 8.77. The highest BCUT2D eigenvalue weighted by Crippen LogP contribution is 2.16. The molecule has 1 fully saturated rings. The molecule has 1 aliphatic rings. The molecule has 1 aliphatic heterocycles. The number of ether oxygens (including phenoxy) is 2. The van der Waals surface area contributed by atoms with Gasteiger partial charge in [0.25, 0.3) is 0 Å². The Labute approximate surface area is 112 Å². The minimum Gasteiger partial charge on any atom is -0.382 e. The van der Waals surface area contributed by atoms with E-state index in [9.17, 15) is 0 Å². The summed E-state index contributed by atoms with van der Waals surface area (Å²) in [6, 6.07) is 0.712. The molecule has 1 rings (SSSR count). The van der Waals surface area contributed by atoms with Crippen LogP contribution in [0.25, 0.3) is 0 Å². The second kappa shape index (κ2) is 9.73. The number of methoxy groups -OCH3 is 1. The van der Waals surface area contributed by atoms with Gasteiger partial charge in [0.1, 0.15) is 0 Å². The lowest BCUT2D eigenvalue weighted by atomic mass is 9.94. The van der Waals surface area contributed by atoms with E-state index in [0.717, 1.165) is 38.6 Å². The molecule has 0 saturated carbocycles. The van der Waals surface area contributed by atoms with Crippen molar-refractivity contribution in [2.24, 2.45) is 5.92 Å². The predicted molar refractivity (Wildman–Crippen MR) is 75.0 cm³/mol. The molecule has 1 heterocycles. The van der Waals surface area contributed by atoms with Crippen molar-refractivity contribution >= 4 is 0 Å². The summed E-state index contributed by atoms with van der Waals surface area (Å²) in [5, 5.41) is 3.58. The summed E-state index contributed by atoms with van der Waals surface area (Å²) in [5.41, 5.74) is 0. The first-order valence-electron chi connectivity index (χ1n) is 7.30. The zero-order valence-electron chi connectivity index (χ0n) is 12.3. The number of nitrogens with zero attached hydrogens (tertiary/aromatic N) is 1. The topological polar surface area (TPSA) is 33.7 Å². The molecule has 0 radical (unpaired) electrons. The Bertz CT molecular complexity index is 202. The lowest BCUT2D eigenvalue weighted by molar-refractivity contribution is 0.0612. The van der Waals surface area contributed by atoms with Crippen molar-refractivity contribution in [1.82, 2.24) is 10.2 Å². The van der Waals surface area contributed by atoms with Gasteiger partial charge in [0.15, 0.2) is 0 Å². The maximum absolute atomic E-state index is 5.49. The molecule has 108 valence electrons. The number of hydrogen-bond donors (Lipinski definition) is 1. The largest absolute Gasteiger partial charge is 0.382 e. The van der Waals surface area contributed by atoms with E-state index in [1.54, 1.807) is 7.11 Å². The third-order valence-electron chi connectivity index (χ3n) is 3.65. The maximum atomic E-state index is 5.49. The summed E-state index contributed by atoms with van der Waals surface area (Å²) in [6.07, 6.45) is 2.40. The Morgan fingerprint density at radius 3 is 2.78 bits per heavy atom. The molecule has 0 aromatic heterocycles. The van der Waals surface area contributed by atoms with Gasteiger partial charge in [0.2, 0.25) is 0 Å². The van der Waals surface area contributed by atoms with Crippen LogP contribution in [-0.2, 0) is 9.47 Å². The summed E-state index contributed by atoms with van der Waals surface area (Å²) in [5.74, 6) is 0.758. The normalized spacial score (nSPS) is 25.5. The van der Waals surface area contributed by atoms with Gasteiger partial charge in [-0.2, -0.15) is 0 Å². The average Bonchev–Trinajstić information content (AvgIpc) is 2.37. The van der Waals surface area contributed by atoms with Crippen molar-refractivity contribution in [3.05, 3.63) is 0 Å². The van der Waals surface area contributed by atoms with Crippen LogP contribution in [0.4, 0.5) is 0 Å². The van der Waals surface area contributed by atoms with E-state index >= 15 is 0 Å². The van der Waals surface area contributed by atoms with Crippen molar-refractivity contribution in [2.45, 2.75) is 32.7 Å². The van der Waals surface area contributed by atoms with Crippen LogP contribution in [0.5, 0.6) is 0 Å². The van der Waals surface area contributed by atoms with E-state index in [1.807, 2.05) is 0 Å². The van der Waals surface area contributed by atoms with E-state index in [2.05, 4.69) is 24.1 Å². The molecular formula is C14H30N2O2. The summed E-state index contributed by atoms with van der Waals surface area (Å²) in [4.78, 5) is 2.57. The number of rotatable bonds is 9. The smallest absolute Gasteiger partial charge is 0.0700 e. The van der Waals surface area contributed by atoms with Crippen molar-refractivity contribution in [3.63, 3.8) is 0 Å². The van der Waals surface area contributed by atoms with Gasteiger partial charge in [-0.3, -0.25) is 0 Å². The second-order valence-corrected chi connectivity index (χ2v) is 5.19. The molecule has 1 saturated heterocycles. The third-order valence-corrected chi connectivity index (χ3v) is 3.65. The third kappa shape index (κ3) is 6.14. The van der Waals surface area contributed by atoms with Crippen LogP contribution in [-0.4, -0.2) is 64.1 Å². The average molecular weight is 258 g/mol. The molecule has 4 nitrogen and oxygen atoms in total. The van der Waals surface area contributed by atoms with Crippen LogP contribution in [0.2, 0.25) is 0 Å². The number of likely N-dealkylation sites (tertiary alicyclic amines) is 1. The molecular weight excluding hydrogens is 228 g/mol. The van der Waals surface area contributed by atoms with Crippen molar-refractivity contribution in [2.75, 3.05) is 53.1 Å². The summed E-state index contributed by atoms with van der Waals surface area (Å²) in [6.45, 7) is 11.5. The van der Waals surface area contributed by atoms with E-state index in [4.69, 9.17) is 9.47 Å². The summed E-state index contributed by atoms with van der Waals surface area (Å²) >= 11 is 0. The standard InChI is InChI=1S/C14H30N2O2/c1-4-15-14-6-8-16(12-13(14)2)7-5-9-18-11-10-17-3/h13-15H,4-12H2,1-3H3. The highest BCUT2D eigenvalue weighted by atomic mass is 16.5. The fourth-order valence-corrected chi connectivity index (χ4v) is 2.64. The predicted octanol–water partition coefficient (Wildman–Crippen LogP) is 1.36. The van der Waals surface area contributed by atoms with Gasteiger partial charge in [0.05, 0.1) is 13.2 Å². The molecule has 2 unspecified atom stereocenters. The van der Waals surface area contributed by atoms with E-state index in [-0.39, 0.29) is 0 Å². The molecule has 0 aliphatic carbocycles. The Morgan fingerprint density at radius 1 is 1.28 bits per heavy atom. The van der Waals surface area contributed by atoms with E-state index < -0.39 is 0 Å². The van der Waals surface area contributed by atoms with Gasteiger partial charge < -0.3 is 19.7 Å². The van der Waals surface area contributed by atoms with Gasteiger partial charge in [-0.15, -0.1) is 0 Å². The first-order valence-corrected chi connectivity index (χ1v) is 7.30. The quantitative estimate of drug-likeness (QED) is 0.633. The number of nitrogens with one attached hydrogen (secondary N) is 1. The lowest BCUT2D eigenvalue weighted by Gasteiger charge is -2.37. The van der Waals surface area contributed by atoms with Crippen LogP contribution in [0.3, 0.4) is 0 Å². The van der Waals surface area contributed by atoms with Crippen molar-refractivity contribution in [1.29, 1.82) is 0 Å². The van der Waals surface area contributed by atoms with Crippen LogP contribution in [0.15, 0.2) is 0 Å². The maximum Gasteiger partial charge on any atom is 0.0700 e. The van der Waals surface area contributed by atoms with Crippen molar-refractivity contribution < 1.29 is 9.47 Å². The van der Waals surface area contributed by atoms with Crippen LogP contribution >= 0.6 is 0 Å². The Kier molecular flexibility index (Phi) is 8.59. The fourth-order valence-electron chi connectivity index (χ4n) is 2.64. The molecule has 18 heavy (non-hydrogen) atoms.